The molecular formula is C14H11NO3. The largest absolute Gasteiger partial charge is 0.508 e. The molecule has 0 amide bonds. The summed E-state index contributed by atoms with van der Waals surface area (Å²) in [7, 11) is 0. The van der Waals surface area contributed by atoms with Crippen molar-refractivity contribution in [2.24, 2.45) is 0 Å². The summed E-state index contributed by atoms with van der Waals surface area (Å²) in [5.74, 6) is 0.596. The zero-order chi connectivity index (χ0) is 12.9. The lowest BCUT2D eigenvalue weighted by Crippen LogP contribution is -2.09. The van der Waals surface area contributed by atoms with Crippen molar-refractivity contribution in [3.8, 4) is 17.2 Å². The lowest BCUT2D eigenvalue weighted by Gasteiger charge is -2.10. The van der Waals surface area contributed by atoms with E-state index in [2.05, 4.69) is 4.98 Å². The molecule has 1 heterocycles. The maximum Gasteiger partial charge on any atom is 0.185 e. The minimum Gasteiger partial charge on any atom is -0.508 e. The average Bonchev–Trinajstić information content (AvgIpc) is 2.34. The fraction of sp³-hybridized carbons (Fsp3) is 0.143. The smallest absolute Gasteiger partial charge is 0.185 e. The van der Waals surface area contributed by atoms with Gasteiger partial charge in [0.2, 0.25) is 0 Å². The Bertz CT molecular complexity index is 789. The molecule has 0 aromatic heterocycles. The molecule has 0 saturated heterocycles. The molecule has 0 atom stereocenters. The summed E-state index contributed by atoms with van der Waals surface area (Å²) in [6, 6.07) is 6.30. The average molecular weight is 241 g/mol. The third kappa shape index (κ3) is 1.46. The lowest BCUT2D eigenvalue weighted by molar-refractivity contribution is 0.474. The predicted molar refractivity (Wildman–Crippen MR) is 68.0 cm³/mol. The summed E-state index contributed by atoms with van der Waals surface area (Å²) in [5.41, 5.74) is 3.07. The van der Waals surface area contributed by atoms with Crippen LogP contribution >= 0.6 is 0 Å². The van der Waals surface area contributed by atoms with Crippen molar-refractivity contribution >= 4 is 11.1 Å². The highest BCUT2D eigenvalue weighted by Crippen LogP contribution is 2.30. The minimum absolute atomic E-state index is 0.0648. The Kier molecular flexibility index (Phi) is 2.13. The van der Waals surface area contributed by atoms with Gasteiger partial charge >= 0.3 is 0 Å². The van der Waals surface area contributed by atoms with Gasteiger partial charge in [-0.15, -0.1) is 0 Å². The fourth-order valence-corrected chi connectivity index (χ4v) is 2.01. The van der Waals surface area contributed by atoms with Crippen molar-refractivity contribution in [3.63, 3.8) is 0 Å². The second-order valence-corrected chi connectivity index (χ2v) is 4.36. The molecule has 1 aliphatic carbocycles. The summed E-state index contributed by atoms with van der Waals surface area (Å²) in [6.07, 6.45) is 0. The summed E-state index contributed by atoms with van der Waals surface area (Å²) < 4.78 is 5.70. The van der Waals surface area contributed by atoms with E-state index in [0.29, 0.717) is 28.1 Å². The second kappa shape index (κ2) is 3.57. The third-order valence-corrected chi connectivity index (χ3v) is 3.03. The predicted octanol–water partition coefficient (Wildman–Crippen LogP) is 2.62. The molecule has 1 N–H and O–H groups in total. The van der Waals surface area contributed by atoms with Crippen LogP contribution in [0.2, 0.25) is 0 Å². The van der Waals surface area contributed by atoms with E-state index in [1.54, 1.807) is 25.1 Å². The number of rotatable bonds is 0. The number of phenolic OH excluding ortho intramolecular Hbond substituents is 1. The Balaban J connectivity index is 2.53. The highest BCUT2D eigenvalue weighted by molar-refractivity contribution is 5.79. The van der Waals surface area contributed by atoms with E-state index < -0.39 is 0 Å². The SMILES string of the molecule is Cc1cc(=O)c(C)c2oc3cc(O)ccc3nc1-2. The maximum atomic E-state index is 11.7. The number of aryl methyl sites for hydroxylation is 1. The van der Waals surface area contributed by atoms with E-state index in [1.807, 2.05) is 6.92 Å². The van der Waals surface area contributed by atoms with Gasteiger partial charge in [0.1, 0.15) is 17.0 Å². The van der Waals surface area contributed by atoms with Gasteiger partial charge in [0.05, 0.1) is 0 Å². The Hall–Kier alpha value is -2.36. The van der Waals surface area contributed by atoms with E-state index in [1.165, 1.54) is 6.07 Å². The first-order chi connectivity index (χ1) is 8.56. The first-order valence-electron chi connectivity index (χ1n) is 5.60. The van der Waals surface area contributed by atoms with E-state index in [4.69, 9.17) is 4.42 Å². The maximum absolute atomic E-state index is 11.7. The normalized spacial score (nSPS) is 11.2. The molecule has 1 aromatic rings. The standard InChI is InChI=1S/C14H11NO3/c1-7-5-11(17)8(2)14-13(7)15-10-4-3-9(16)6-12(10)18-14/h3-6,16H,1-2H3. The number of nitrogens with zero attached hydrogens (tertiary/aromatic N) is 1. The fourth-order valence-electron chi connectivity index (χ4n) is 2.01. The number of hydrogen-bond acceptors (Lipinski definition) is 4. The highest BCUT2D eigenvalue weighted by atomic mass is 16.3. The first-order valence-corrected chi connectivity index (χ1v) is 5.60. The van der Waals surface area contributed by atoms with Gasteiger partial charge in [0.25, 0.3) is 0 Å². The summed E-state index contributed by atoms with van der Waals surface area (Å²) in [6.45, 7) is 3.54. The summed E-state index contributed by atoms with van der Waals surface area (Å²) >= 11 is 0. The van der Waals surface area contributed by atoms with Crippen LogP contribution in [0.1, 0.15) is 11.1 Å². The second-order valence-electron chi connectivity index (χ2n) is 4.36. The van der Waals surface area contributed by atoms with Crippen LogP contribution in [0.25, 0.3) is 22.6 Å². The molecule has 0 bridgehead atoms. The van der Waals surface area contributed by atoms with Crippen molar-refractivity contribution in [1.29, 1.82) is 0 Å². The quantitative estimate of drug-likeness (QED) is 0.614. The van der Waals surface area contributed by atoms with Gasteiger partial charge < -0.3 is 9.52 Å². The van der Waals surface area contributed by atoms with Crippen LogP contribution in [0.4, 0.5) is 0 Å². The lowest BCUT2D eigenvalue weighted by atomic mass is 10.0. The van der Waals surface area contributed by atoms with Gasteiger partial charge in [0, 0.05) is 11.6 Å². The van der Waals surface area contributed by atoms with Crippen LogP contribution in [-0.2, 0) is 0 Å². The Labute approximate surface area is 103 Å². The third-order valence-electron chi connectivity index (χ3n) is 3.03. The van der Waals surface area contributed by atoms with Crippen LogP contribution < -0.4 is 5.43 Å². The zero-order valence-corrected chi connectivity index (χ0v) is 10.0. The first kappa shape index (κ1) is 10.8. The molecule has 0 radical (unpaired) electrons. The molecule has 1 aromatic carbocycles. The molecule has 2 aliphatic rings. The summed E-state index contributed by atoms with van der Waals surface area (Å²) in [4.78, 5) is 16.2. The monoisotopic (exact) mass is 241 g/mol. The molecule has 90 valence electrons. The van der Waals surface area contributed by atoms with E-state index in [9.17, 15) is 9.90 Å². The molecule has 3 rings (SSSR count). The molecule has 4 heteroatoms. The number of benzene rings is 2. The van der Waals surface area contributed by atoms with Crippen LogP contribution in [0.3, 0.4) is 0 Å². The van der Waals surface area contributed by atoms with Gasteiger partial charge in [-0.3, -0.25) is 4.79 Å². The van der Waals surface area contributed by atoms with Crippen LogP contribution in [0, 0.1) is 13.8 Å². The molecule has 18 heavy (non-hydrogen) atoms. The van der Waals surface area contributed by atoms with Crippen molar-refractivity contribution in [1.82, 2.24) is 4.98 Å². The molecule has 0 spiro atoms. The van der Waals surface area contributed by atoms with Gasteiger partial charge in [0.15, 0.2) is 16.8 Å². The number of phenols is 1. The Morgan fingerprint density at radius 2 is 2.00 bits per heavy atom. The van der Waals surface area contributed by atoms with Crippen molar-refractivity contribution in [2.45, 2.75) is 13.8 Å². The highest BCUT2D eigenvalue weighted by Gasteiger charge is 2.16. The van der Waals surface area contributed by atoms with Crippen molar-refractivity contribution in [3.05, 3.63) is 45.6 Å². The Morgan fingerprint density at radius 1 is 1.22 bits per heavy atom. The zero-order valence-electron chi connectivity index (χ0n) is 10.0. The van der Waals surface area contributed by atoms with Crippen LogP contribution in [0.5, 0.6) is 5.75 Å². The molecule has 0 fully saturated rings. The molecule has 1 aliphatic heterocycles. The molecular weight excluding hydrogens is 230 g/mol. The topological polar surface area (TPSA) is 63.3 Å². The molecule has 4 nitrogen and oxygen atoms in total. The number of aromatic nitrogens is 1. The van der Waals surface area contributed by atoms with E-state index in [-0.39, 0.29) is 11.2 Å². The van der Waals surface area contributed by atoms with Crippen LogP contribution in [0.15, 0.2) is 33.5 Å². The number of hydrogen-bond donors (Lipinski definition) is 1. The minimum atomic E-state index is -0.0648. The van der Waals surface area contributed by atoms with E-state index in [0.717, 1.165) is 5.56 Å². The van der Waals surface area contributed by atoms with Gasteiger partial charge in [-0.25, -0.2) is 4.98 Å². The molecule has 0 saturated carbocycles. The van der Waals surface area contributed by atoms with Crippen LogP contribution in [-0.4, -0.2) is 10.1 Å². The van der Waals surface area contributed by atoms with Gasteiger partial charge in [-0.05, 0) is 37.6 Å². The van der Waals surface area contributed by atoms with E-state index >= 15 is 0 Å². The number of aromatic hydroxyl groups is 1. The molecule has 0 unspecified atom stereocenters. The van der Waals surface area contributed by atoms with Gasteiger partial charge in [-0.2, -0.15) is 0 Å². The van der Waals surface area contributed by atoms with Crippen molar-refractivity contribution in [2.75, 3.05) is 0 Å². The Morgan fingerprint density at radius 3 is 2.78 bits per heavy atom. The number of fused-ring (bicyclic) bond motifs is 2. The van der Waals surface area contributed by atoms with Gasteiger partial charge in [-0.1, -0.05) is 0 Å². The summed E-state index contributed by atoms with van der Waals surface area (Å²) in [5, 5.41) is 9.43. The van der Waals surface area contributed by atoms with Crippen molar-refractivity contribution < 1.29 is 9.52 Å².